The minimum absolute atomic E-state index is 0.211. The highest BCUT2D eigenvalue weighted by Gasteiger charge is 2.38. The summed E-state index contributed by atoms with van der Waals surface area (Å²) >= 11 is 0.482. The fraction of sp³-hybridized carbons (Fsp3) is 0.0909. The van der Waals surface area contributed by atoms with Crippen LogP contribution in [0.25, 0.3) is 10.6 Å². The number of carbonyl (C=O) groups is 1. The van der Waals surface area contributed by atoms with Crippen molar-refractivity contribution in [1.29, 1.82) is 0 Å². The second-order valence-corrected chi connectivity index (χ2v) is 4.86. The maximum atomic E-state index is 13.2. The average Bonchev–Trinajstić information content (AvgIpc) is 2.86. The third-order valence-electron chi connectivity index (χ3n) is 2.52. The third-order valence-corrected chi connectivity index (χ3v) is 3.50. The molecule has 21 heavy (non-hydrogen) atoms. The van der Waals surface area contributed by atoms with E-state index in [2.05, 4.69) is 4.98 Å². The Morgan fingerprint density at radius 1 is 1.38 bits per heavy atom. The largest absolute Gasteiger partial charge is 0.417 e. The molecule has 0 aliphatic rings. The van der Waals surface area contributed by atoms with Gasteiger partial charge in [-0.1, -0.05) is 12.1 Å². The van der Waals surface area contributed by atoms with Gasteiger partial charge in [0, 0.05) is 5.56 Å². The van der Waals surface area contributed by atoms with Crippen LogP contribution in [-0.4, -0.2) is 15.8 Å². The summed E-state index contributed by atoms with van der Waals surface area (Å²) in [5.41, 5.74) is 2.57. The molecule has 0 atom stereocenters. The minimum atomic E-state index is -4.85. The number of rotatable bonds is 3. The van der Waals surface area contributed by atoms with E-state index < -0.39 is 38.7 Å². The number of benzene rings is 1. The van der Waals surface area contributed by atoms with Crippen LogP contribution in [0.15, 0.2) is 24.4 Å². The number of nitrogens with zero attached hydrogens (tertiary/aromatic N) is 2. The summed E-state index contributed by atoms with van der Waals surface area (Å²) in [6.45, 7) is 0. The lowest BCUT2D eigenvalue weighted by Crippen LogP contribution is -2.19. The molecule has 2 aromatic rings. The number of hydrogen-bond acceptors (Lipinski definition) is 5. The van der Waals surface area contributed by atoms with Crippen molar-refractivity contribution in [3.63, 3.8) is 0 Å². The van der Waals surface area contributed by atoms with E-state index >= 15 is 0 Å². The first-order valence-corrected chi connectivity index (χ1v) is 6.14. The molecule has 2 rings (SSSR count). The van der Waals surface area contributed by atoms with E-state index in [4.69, 9.17) is 5.73 Å². The van der Waals surface area contributed by atoms with E-state index in [9.17, 15) is 28.1 Å². The van der Waals surface area contributed by atoms with Crippen molar-refractivity contribution < 1.29 is 22.9 Å². The molecule has 10 heteroatoms. The smallest absolute Gasteiger partial charge is 0.366 e. The number of carbonyl (C=O) groups excluding carboxylic acids is 1. The molecule has 0 fully saturated rings. The Balaban J connectivity index is 2.70. The number of alkyl halides is 3. The van der Waals surface area contributed by atoms with Gasteiger partial charge in [-0.25, -0.2) is 4.98 Å². The Labute approximate surface area is 119 Å². The molecular weight excluding hydrogens is 311 g/mol. The van der Waals surface area contributed by atoms with Gasteiger partial charge < -0.3 is 5.73 Å². The second-order valence-electron chi connectivity index (χ2n) is 3.85. The van der Waals surface area contributed by atoms with Crippen molar-refractivity contribution in [1.82, 2.24) is 4.98 Å². The zero-order valence-electron chi connectivity index (χ0n) is 10.0. The van der Waals surface area contributed by atoms with Crippen molar-refractivity contribution in [3.8, 4) is 10.6 Å². The van der Waals surface area contributed by atoms with E-state index in [1.54, 1.807) is 0 Å². The van der Waals surface area contributed by atoms with E-state index in [1.165, 1.54) is 6.07 Å². The minimum Gasteiger partial charge on any atom is -0.366 e. The topological polar surface area (TPSA) is 99.1 Å². The van der Waals surface area contributed by atoms with Crippen LogP contribution >= 0.6 is 11.3 Å². The first-order valence-electron chi connectivity index (χ1n) is 5.32. The number of nitrogens with two attached hydrogens (primary N) is 1. The normalized spacial score (nSPS) is 11.4. The first kappa shape index (κ1) is 14.9. The van der Waals surface area contributed by atoms with Crippen LogP contribution in [0.1, 0.15) is 15.9 Å². The monoisotopic (exact) mass is 317 g/mol. The maximum Gasteiger partial charge on any atom is 0.417 e. The number of primary amides is 1. The summed E-state index contributed by atoms with van der Waals surface area (Å²) in [5, 5.41) is 9.97. The lowest BCUT2D eigenvalue weighted by molar-refractivity contribution is -0.380. The Morgan fingerprint density at radius 2 is 2.05 bits per heavy atom. The van der Waals surface area contributed by atoms with Gasteiger partial charge in [0.2, 0.25) is 5.91 Å². The van der Waals surface area contributed by atoms with Gasteiger partial charge in [-0.2, -0.15) is 13.2 Å². The van der Waals surface area contributed by atoms with Crippen LogP contribution in [0.2, 0.25) is 0 Å². The van der Waals surface area contributed by atoms with Gasteiger partial charge in [0.15, 0.2) is 0 Å². The molecule has 1 aromatic heterocycles. The Bertz CT molecular complexity index is 727. The SMILES string of the molecule is NC(=O)c1cccc(-c2ncc([N+](=O)[O-])s2)c1C(F)(F)F. The molecule has 0 aliphatic heterocycles. The lowest BCUT2D eigenvalue weighted by Gasteiger charge is -2.14. The van der Waals surface area contributed by atoms with Gasteiger partial charge in [-0.3, -0.25) is 14.9 Å². The number of nitro groups is 1. The summed E-state index contributed by atoms with van der Waals surface area (Å²) < 4.78 is 39.5. The van der Waals surface area contributed by atoms with Crippen LogP contribution < -0.4 is 5.73 Å². The summed E-state index contributed by atoms with van der Waals surface area (Å²) in [6.07, 6.45) is -3.99. The van der Waals surface area contributed by atoms with Crippen molar-refractivity contribution >= 4 is 22.2 Å². The fourth-order valence-corrected chi connectivity index (χ4v) is 2.48. The molecule has 1 aromatic carbocycles. The first-order chi connectivity index (χ1) is 9.71. The Morgan fingerprint density at radius 3 is 2.52 bits per heavy atom. The lowest BCUT2D eigenvalue weighted by atomic mass is 10.0. The summed E-state index contributed by atoms with van der Waals surface area (Å²) in [4.78, 5) is 24.6. The molecule has 1 heterocycles. The van der Waals surface area contributed by atoms with Gasteiger partial charge in [0.1, 0.15) is 11.2 Å². The zero-order chi connectivity index (χ0) is 15.8. The van der Waals surface area contributed by atoms with E-state index in [1.807, 2.05) is 0 Å². The number of thiazole rings is 1. The highest BCUT2D eigenvalue weighted by molar-refractivity contribution is 7.18. The van der Waals surface area contributed by atoms with E-state index in [0.717, 1.165) is 18.3 Å². The second kappa shape index (κ2) is 5.13. The molecule has 110 valence electrons. The molecule has 0 saturated carbocycles. The van der Waals surface area contributed by atoms with Crippen molar-refractivity contribution in [2.24, 2.45) is 5.73 Å². The van der Waals surface area contributed by atoms with Gasteiger partial charge in [0.05, 0.1) is 16.1 Å². The fourth-order valence-electron chi connectivity index (χ4n) is 1.72. The molecular formula is C11H6F3N3O3S. The number of halogens is 3. The standard InChI is InChI=1S/C11H6F3N3O3S/c12-11(13,14)8-5(9(15)18)2-1-3-6(8)10-16-4-7(21-10)17(19)20/h1-4H,(H2,15,18). The highest BCUT2D eigenvalue weighted by atomic mass is 32.1. The Kier molecular flexibility index (Phi) is 3.64. The van der Waals surface area contributed by atoms with Crippen LogP contribution in [-0.2, 0) is 6.18 Å². The number of aromatic nitrogens is 1. The van der Waals surface area contributed by atoms with E-state index in [0.29, 0.717) is 11.3 Å². The molecule has 0 spiro atoms. The predicted molar refractivity (Wildman–Crippen MR) is 67.7 cm³/mol. The van der Waals surface area contributed by atoms with Gasteiger partial charge in [0.25, 0.3) is 0 Å². The van der Waals surface area contributed by atoms with Crippen LogP contribution in [0.4, 0.5) is 18.2 Å². The maximum absolute atomic E-state index is 13.2. The Hall–Kier alpha value is -2.49. The molecule has 0 aliphatic carbocycles. The number of hydrogen-bond donors (Lipinski definition) is 1. The highest BCUT2D eigenvalue weighted by Crippen LogP contribution is 2.41. The zero-order valence-corrected chi connectivity index (χ0v) is 10.9. The summed E-state index contributed by atoms with van der Waals surface area (Å²) in [7, 11) is 0. The average molecular weight is 317 g/mol. The molecule has 6 nitrogen and oxygen atoms in total. The van der Waals surface area contributed by atoms with Crippen molar-refractivity contribution in [2.75, 3.05) is 0 Å². The van der Waals surface area contributed by atoms with Crippen LogP contribution in [0.3, 0.4) is 0 Å². The van der Waals surface area contributed by atoms with Gasteiger partial charge >= 0.3 is 11.2 Å². The third kappa shape index (κ3) is 2.84. The van der Waals surface area contributed by atoms with E-state index in [-0.39, 0.29) is 5.01 Å². The summed E-state index contributed by atoms with van der Waals surface area (Å²) in [6, 6.07) is 3.23. The quantitative estimate of drug-likeness (QED) is 0.695. The molecule has 0 bridgehead atoms. The molecule has 0 unspecified atom stereocenters. The molecule has 2 N–H and O–H groups in total. The van der Waals surface area contributed by atoms with Crippen molar-refractivity contribution in [2.45, 2.75) is 6.18 Å². The van der Waals surface area contributed by atoms with Gasteiger partial charge in [-0.05, 0) is 17.4 Å². The molecule has 1 amide bonds. The number of amides is 1. The summed E-state index contributed by atoms with van der Waals surface area (Å²) in [5.74, 6) is -1.24. The van der Waals surface area contributed by atoms with Gasteiger partial charge in [-0.15, -0.1) is 0 Å². The predicted octanol–water partition coefficient (Wildman–Crippen LogP) is 2.84. The van der Waals surface area contributed by atoms with Crippen molar-refractivity contribution in [3.05, 3.63) is 45.6 Å². The molecule has 0 radical (unpaired) electrons. The van der Waals surface area contributed by atoms with Crippen LogP contribution in [0, 0.1) is 10.1 Å². The molecule has 0 saturated heterocycles. The van der Waals surface area contributed by atoms with Crippen LogP contribution in [0.5, 0.6) is 0 Å².